The number of benzene rings is 2. The van der Waals surface area contributed by atoms with Crippen molar-refractivity contribution >= 4 is 28.3 Å². The number of amides is 1. The van der Waals surface area contributed by atoms with E-state index in [-0.39, 0.29) is 5.91 Å². The summed E-state index contributed by atoms with van der Waals surface area (Å²) in [5.74, 6) is 0.927. The number of nitrogens with zero attached hydrogens (tertiary/aromatic N) is 3. The van der Waals surface area contributed by atoms with E-state index in [1.165, 1.54) is 11.1 Å². The third-order valence-electron chi connectivity index (χ3n) is 6.39. The number of pyridine rings is 1. The van der Waals surface area contributed by atoms with Gasteiger partial charge in [0.15, 0.2) is 0 Å². The lowest BCUT2D eigenvalue weighted by atomic mass is 10.1. The molecule has 1 fully saturated rings. The zero-order valence-corrected chi connectivity index (χ0v) is 18.0. The molecule has 1 aliphatic carbocycles. The summed E-state index contributed by atoms with van der Waals surface area (Å²) in [6, 6.07) is 19.0. The summed E-state index contributed by atoms with van der Waals surface area (Å²) in [4.78, 5) is 21.7. The molecule has 1 atom stereocenters. The third kappa shape index (κ3) is 4.55. The lowest BCUT2D eigenvalue weighted by Crippen LogP contribution is -2.47. The Balaban J connectivity index is 1.23. The number of aryl methyl sites for hydroxylation is 1. The van der Waals surface area contributed by atoms with Crippen LogP contribution >= 0.6 is 0 Å². The van der Waals surface area contributed by atoms with Gasteiger partial charge in [-0.05, 0) is 61.3 Å². The van der Waals surface area contributed by atoms with Crippen LogP contribution in [-0.2, 0) is 11.2 Å². The van der Waals surface area contributed by atoms with Crippen LogP contribution in [0.25, 0.3) is 10.9 Å². The van der Waals surface area contributed by atoms with E-state index in [2.05, 4.69) is 57.8 Å². The van der Waals surface area contributed by atoms with Crippen molar-refractivity contribution in [1.29, 1.82) is 0 Å². The maximum absolute atomic E-state index is 12.5. The van der Waals surface area contributed by atoms with Gasteiger partial charge in [-0.2, -0.15) is 0 Å². The molecular formula is C25H29N5O. The first-order valence-corrected chi connectivity index (χ1v) is 11.1. The number of hydrogen-bond donors (Lipinski definition) is 2. The van der Waals surface area contributed by atoms with Gasteiger partial charge in [0.1, 0.15) is 5.82 Å². The van der Waals surface area contributed by atoms with Crippen LogP contribution in [0.3, 0.4) is 0 Å². The maximum atomic E-state index is 12.5. The fourth-order valence-electron chi connectivity index (χ4n) is 4.58. The smallest absolute Gasteiger partial charge is 0.238 e. The van der Waals surface area contributed by atoms with Gasteiger partial charge in [-0.25, -0.2) is 4.98 Å². The summed E-state index contributed by atoms with van der Waals surface area (Å²) >= 11 is 0. The van der Waals surface area contributed by atoms with Gasteiger partial charge in [0.2, 0.25) is 5.91 Å². The highest BCUT2D eigenvalue weighted by atomic mass is 16.2. The fourth-order valence-corrected chi connectivity index (χ4v) is 4.58. The molecule has 160 valence electrons. The monoisotopic (exact) mass is 415 g/mol. The molecule has 0 spiro atoms. The van der Waals surface area contributed by atoms with Crippen molar-refractivity contribution in [3.63, 3.8) is 0 Å². The molecule has 1 unspecified atom stereocenters. The van der Waals surface area contributed by atoms with Gasteiger partial charge in [-0.1, -0.05) is 24.3 Å². The number of rotatable bonds is 5. The van der Waals surface area contributed by atoms with Gasteiger partial charge in [-0.3, -0.25) is 9.69 Å². The molecule has 1 aromatic heterocycles. The molecule has 1 amide bonds. The summed E-state index contributed by atoms with van der Waals surface area (Å²) in [7, 11) is 2.12. The highest BCUT2D eigenvalue weighted by Crippen LogP contribution is 2.33. The van der Waals surface area contributed by atoms with Crippen LogP contribution in [0.1, 0.15) is 23.6 Å². The van der Waals surface area contributed by atoms with Gasteiger partial charge in [0.25, 0.3) is 0 Å². The van der Waals surface area contributed by atoms with Crippen LogP contribution in [0.5, 0.6) is 0 Å². The second kappa shape index (κ2) is 8.65. The van der Waals surface area contributed by atoms with Crippen molar-refractivity contribution in [1.82, 2.24) is 14.8 Å². The second-order valence-corrected chi connectivity index (χ2v) is 8.67. The highest BCUT2D eigenvalue weighted by Gasteiger charge is 2.22. The number of carbonyl (C=O) groups excluding carboxylic acids is 1. The van der Waals surface area contributed by atoms with Crippen molar-refractivity contribution < 1.29 is 4.79 Å². The average molecular weight is 416 g/mol. The first-order chi connectivity index (χ1) is 15.1. The van der Waals surface area contributed by atoms with E-state index in [9.17, 15) is 4.79 Å². The number of fused-ring (bicyclic) bond motifs is 2. The van der Waals surface area contributed by atoms with E-state index < -0.39 is 0 Å². The highest BCUT2D eigenvalue weighted by molar-refractivity contribution is 5.95. The number of likely N-dealkylation sites (N-methyl/N-ethyl adjacent to an activating group) is 1. The molecule has 2 aliphatic rings. The standard InChI is InChI=1S/C25H29N5O/c1-29-12-14-30(15-13-29)17-25(31)26-20-8-10-22-19(16-20)7-11-24(27-22)28-23-9-6-18-4-2-3-5-21(18)23/h2-5,7-8,10-11,16,23H,6,9,12-15,17H2,1H3,(H,26,31)(H,27,28). The molecule has 6 nitrogen and oxygen atoms in total. The molecule has 2 heterocycles. The Morgan fingerprint density at radius 3 is 2.77 bits per heavy atom. The summed E-state index contributed by atoms with van der Waals surface area (Å²) in [6.45, 7) is 4.34. The number of hydrogen-bond acceptors (Lipinski definition) is 5. The minimum Gasteiger partial charge on any atom is -0.363 e. The molecule has 2 N–H and O–H groups in total. The average Bonchev–Trinajstić information content (AvgIpc) is 3.18. The van der Waals surface area contributed by atoms with Gasteiger partial charge in [0, 0.05) is 37.3 Å². The second-order valence-electron chi connectivity index (χ2n) is 8.67. The maximum Gasteiger partial charge on any atom is 0.238 e. The lowest BCUT2D eigenvalue weighted by molar-refractivity contribution is -0.117. The Bertz CT molecular complexity index is 1090. The summed E-state index contributed by atoms with van der Waals surface area (Å²) in [6.07, 6.45) is 2.20. The van der Waals surface area contributed by atoms with Crippen molar-refractivity contribution in [2.75, 3.05) is 50.4 Å². The molecule has 6 heteroatoms. The van der Waals surface area contributed by atoms with Gasteiger partial charge < -0.3 is 15.5 Å². The van der Waals surface area contributed by atoms with E-state index in [0.29, 0.717) is 12.6 Å². The molecule has 3 aromatic rings. The zero-order chi connectivity index (χ0) is 21.2. The summed E-state index contributed by atoms with van der Waals surface area (Å²) in [5.41, 5.74) is 4.55. The molecule has 0 bridgehead atoms. The van der Waals surface area contributed by atoms with E-state index in [1.54, 1.807) is 0 Å². The molecule has 1 saturated heterocycles. The fraction of sp³-hybridized carbons (Fsp3) is 0.360. The minimum absolute atomic E-state index is 0.0371. The van der Waals surface area contributed by atoms with Crippen LogP contribution in [0.4, 0.5) is 11.5 Å². The van der Waals surface area contributed by atoms with Gasteiger partial charge in [-0.15, -0.1) is 0 Å². The van der Waals surface area contributed by atoms with Crippen LogP contribution in [0.2, 0.25) is 0 Å². The largest absolute Gasteiger partial charge is 0.363 e. The normalized spacial score (nSPS) is 19.3. The number of nitrogens with one attached hydrogen (secondary N) is 2. The Kier molecular flexibility index (Phi) is 5.57. The third-order valence-corrected chi connectivity index (χ3v) is 6.39. The Labute approximate surface area is 183 Å². The van der Waals surface area contributed by atoms with E-state index in [4.69, 9.17) is 4.98 Å². The molecule has 5 rings (SSSR count). The van der Waals surface area contributed by atoms with E-state index in [0.717, 1.165) is 61.4 Å². The molecular weight excluding hydrogens is 386 g/mol. The molecule has 1 aliphatic heterocycles. The first-order valence-electron chi connectivity index (χ1n) is 11.1. The van der Waals surface area contributed by atoms with Crippen LogP contribution < -0.4 is 10.6 Å². The Morgan fingerprint density at radius 2 is 1.90 bits per heavy atom. The van der Waals surface area contributed by atoms with Gasteiger partial charge >= 0.3 is 0 Å². The van der Waals surface area contributed by atoms with Crippen LogP contribution in [0, 0.1) is 0 Å². The SMILES string of the molecule is CN1CCN(CC(=O)Nc2ccc3nc(NC4CCc5ccccc54)ccc3c2)CC1. The Morgan fingerprint density at radius 1 is 1.06 bits per heavy atom. The molecule has 0 saturated carbocycles. The zero-order valence-electron chi connectivity index (χ0n) is 18.0. The number of anilines is 2. The van der Waals surface area contributed by atoms with Crippen molar-refractivity contribution in [3.05, 3.63) is 65.7 Å². The van der Waals surface area contributed by atoms with E-state index in [1.807, 2.05) is 24.3 Å². The number of carbonyl (C=O) groups is 1. The predicted octanol–water partition coefficient (Wildman–Crippen LogP) is 3.52. The lowest BCUT2D eigenvalue weighted by Gasteiger charge is -2.31. The molecule has 2 aromatic carbocycles. The number of aromatic nitrogens is 1. The Hall–Kier alpha value is -2.96. The quantitative estimate of drug-likeness (QED) is 0.668. The van der Waals surface area contributed by atoms with E-state index >= 15 is 0 Å². The van der Waals surface area contributed by atoms with Gasteiger partial charge in [0.05, 0.1) is 18.1 Å². The van der Waals surface area contributed by atoms with Crippen LogP contribution in [-0.4, -0.2) is 60.5 Å². The molecule has 31 heavy (non-hydrogen) atoms. The summed E-state index contributed by atoms with van der Waals surface area (Å²) in [5, 5.41) is 7.66. The minimum atomic E-state index is 0.0371. The van der Waals surface area contributed by atoms with Crippen molar-refractivity contribution in [2.45, 2.75) is 18.9 Å². The number of piperazine rings is 1. The predicted molar refractivity (Wildman–Crippen MR) is 125 cm³/mol. The van der Waals surface area contributed by atoms with Crippen molar-refractivity contribution in [2.24, 2.45) is 0 Å². The first kappa shape index (κ1) is 20.0. The topological polar surface area (TPSA) is 60.5 Å². The summed E-state index contributed by atoms with van der Waals surface area (Å²) < 4.78 is 0. The van der Waals surface area contributed by atoms with Crippen LogP contribution in [0.15, 0.2) is 54.6 Å². The molecule has 0 radical (unpaired) electrons. The van der Waals surface area contributed by atoms with Crippen molar-refractivity contribution in [3.8, 4) is 0 Å².